The number of anilines is 2. The van der Waals surface area contributed by atoms with Crippen molar-refractivity contribution in [2.24, 2.45) is 11.8 Å². The molecule has 2 rings (SSSR count). The standard InChI is InChI=1S/C11H16F2N4/c1-6-3-2-4-9(6)15-10-7(12)5-8(13)11(16-10)17-14/h5-6,9H,2-4,14H2,1H3,(H2,15,16,17). The van der Waals surface area contributed by atoms with Gasteiger partial charge in [-0.15, -0.1) is 0 Å². The maximum atomic E-state index is 13.5. The molecule has 1 saturated carbocycles. The number of nitrogens with zero attached hydrogens (tertiary/aromatic N) is 1. The first-order valence-electron chi connectivity index (χ1n) is 5.71. The predicted molar refractivity (Wildman–Crippen MR) is 62.4 cm³/mol. The van der Waals surface area contributed by atoms with E-state index in [0.717, 1.165) is 25.3 Å². The molecule has 1 aromatic rings. The van der Waals surface area contributed by atoms with Gasteiger partial charge in [0, 0.05) is 12.1 Å². The SMILES string of the molecule is CC1CCCC1Nc1nc(NN)c(F)cc1F. The third-order valence-corrected chi connectivity index (χ3v) is 3.25. The van der Waals surface area contributed by atoms with Crippen LogP contribution in [0.1, 0.15) is 26.2 Å². The number of nitrogens with two attached hydrogens (primary N) is 1. The van der Waals surface area contributed by atoms with E-state index in [-0.39, 0.29) is 17.7 Å². The van der Waals surface area contributed by atoms with Crippen molar-refractivity contribution in [2.45, 2.75) is 32.2 Å². The molecule has 0 spiro atoms. The molecule has 94 valence electrons. The highest BCUT2D eigenvalue weighted by Gasteiger charge is 2.24. The minimum Gasteiger partial charge on any atom is -0.365 e. The number of halogens is 2. The van der Waals surface area contributed by atoms with Crippen molar-refractivity contribution in [3.05, 3.63) is 17.7 Å². The van der Waals surface area contributed by atoms with Crippen LogP contribution < -0.4 is 16.6 Å². The first-order chi connectivity index (χ1) is 8.11. The van der Waals surface area contributed by atoms with Crippen LogP contribution in [0.4, 0.5) is 20.4 Å². The van der Waals surface area contributed by atoms with Gasteiger partial charge in [-0.25, -0.2) is 19.6 Å². The minimum atomic E-state index is -0.796. The molecule has 1 aromatic heterocycles. The molecule has 0 bridgehead atoms. The first kappa shape index (κ1) is 12.0. The Bertz CT molecular complexity index is 411. The quantitative estimate of drug-likeness (QED) is 0.562. The first-order valence-corrected chi connectivity index (χ1v) is 5.71. The van der Waals surface area contributed by atoms with Crippen LogP contribution in [0.15, 0.2) is 6.07 Å². The van der Waals surface area contributed by atoms with Crippen LogP contribution in [-0.2, 0) is 0 Å². The summed E-state index contributed by atoms with van der Waals surface area (Å²) in [5.41, 5.74) is 2.11. The maximum absolute atomic E-state index is 13.5. The summed E-state index contributed by atoms with van der Waals surface area (Å²) in [4.78, 5) is 3.79. The number of nitrogen functional groups attached to an aromatic ring is 1. The summed E-state index contributed by atoms with van der Waals surface area (Å²) in [6.07, 6.45) is 3.21. The van der Waals surface area contributed by atoms with E-state index in [1.807, 2.05) is 0 Å². The number of aromatic nitrogens is 1. The fraction of sp³-hybridized carbons (Fsp3) is 0.545. The Labute approximate surface area is 98.6 Å². The number of hydrogen-bond donors (Lipinski definition) is 3. The highest BCUT2D eigenvalue weighted by Crippen LogP contribution is 2.29. The highest BCUT2D eigenvalue weighted by molar-refractivity contribution is 5.47. The summed E-state index contributed by atoms with van der Waals surface area (Å²) in [5.74, 6) is 3.98. The van der Waals surface area contributed by atoms with Crippen molar-refractivity contribution in [1.82, 2.24) is 4.98 Å². The molecular formula is C11H16F2N4. The molecule has 2 atom stereocenters. The van der Waals surface area contributed by atoms with E-state index in [1.54, 1.807) is 0 Å². The third kappa shape index (κ3) is 2.46. The molecule has 17 heavy (non-hydrogen) atoms. The van der Waals surface area contributed by atoms with Gasteiger partial charge in [0.1, 0.15) is 0 Å². The Kier molecular flexibility index (Phi) is 3.42. The van der Waals surface area contributed by atoms with Gasteiger partial charge in [0.2, 0.25) is 0 Å². The van der Waals surface area contributed by atoms with Crippen LogP contribution in [0, 0.1) is 17.6 Å². The van der Waals surface area contributed by atoms with E-state index < -0.39 is 11.6 Å². The summed E-state index contributed by atoms with van der Waals surface area (Å²) in [6.45, 7) is 2.11. The number of rotatable bonds is 3. The molecule has 0 aliphatic heterocycles. The molecule has 6 heteroatoms. The van der Waals surface area contributed by atoms with Crippen LogP contribution in [0.25, 0.3) is 0 Å². The molecule has 0 amide bonds. The molecule has 0 saturated heterocycles. The zero-order valence-corrected chi connectivity index (χ0v) is 9.63. The van der Waals surface area contributed by atoms with Gasteiger partial charge in [0.05, 0.1) is 0 Å². The Balaban J connectivity index is 2.20. The van der Waals surface area contributed by atoms with Crippen LogP contribution in [0.5, 0.6) is 0 Å². The average Bonchev–Trinajstić information content (AvgIpc) is 2.68. The molecule has 1 fully saturated rings. The van der Waals surface area contributed by atoms with Crippen molar-refractivity contribution in [3.8, 4) is 0 Å². The van der Waals surface area contributed by atoms with Gasteiger partial charge in [-0.2, -0.15) is 0 Å². The van der Waals surface area contributed by atoms with Gasteiger partial charge in [0.25, 0.3) is 0 Å². The second kappa shape index (κ2) is 4.83. The van der Waals surface area contributed by atoms with Gasteiger partial charge >= 0.3 is 0 Å². The lowest BCUT2D eigenvalue weighted by Gasteiger charge is -2.18. The molecule has 0 aromatic carbocycles. The molecular weight excluding hydrogens is 226 g/mol. The van der Waals surface area contributed by atoms with Crippen molar-refractivity contribution in [1.29, 1.82) is 0 Å². The molecule has 1 aliphatic rings. The van der Waals surface area contributed by atoms with Crippen molar-refractivity contribution in [3.63, 3.8) is 0 Å². The van der Waals surface area contributed by atoms with E-state index in [1.165, 1.54) is 0 Å². The van der Waals surface area contributed by atoms with Gasteiger partial charge in [-0.3, -0.25) is 0 Å². The lowest BCUT2D eigenvalue weighted by molar-refractivity contribution is 0.541. The van der Waals surface area contributed by atoms with Crippen LogP contribution >= 0.6 is 0 Å². The Morgan fingerprint density at radius 1 is 1.29 bits per heavy atom. The molecule has 1 heterocycles. The van der Waals surface area contributed by atoms with Crippen LogP contribution in [0.3, 0.4) is 0 Å². The predicted octanol–water partition coefficient (Wildman–Crippen LogP) is 2.25. The van der Waals surface area contributed by atoms with Crippen LogP contribution in [-0.4, -0.2) is 11.0 Å². The Hall–Kier alpha value is -1.43. The summed E-state index contributed by atoms with van der Waals surface area (Å²) in [7, 11) is 0. The van der Waals surface area contributed by atoms with Gasteiger partial charge in [0.15, 0.2) is 23.3 Å². The second-order valence-corrected chi connectivity index (χ2v) is 4.45. The molecule has 4 N–H and O–H groups in total. The largest absolute Gasteiger partial charge is 0.365 e. The average molecular weight is 242 g/mol. The minimum absolute atomic E-state index is 0.0538. The fourth-order valence-electron chi connectivity index (χ4n) is 2.20. The second-order valence-electron chi connectivity index (χ2n) is 4.45. The van der Waals surface area contributed by atoms with E-state index in [4.69, 9.17) is 5.84 Å². The summed E-state index contributed by atoms with van der Waals surface area (Å²) < 4.78 is 26.7. The zero-order valence-electron chi connectivity index (χ0n) is 9.63. The summed E-state index contributed by atoms with van der Waals surface area (Å²) >= 11 is 0. The third-order valence-electron chi connectivity index (χ3n) is 3.25. The molecule has 1 aliphatic carbocycles. The molecule has 0 radical (unpaired) electrons. The number of hydrazine groups is 1. The normalized spacial score (nSPS) is 23.8. The Morgan fingerprint density at radius 3 is 2.59 bits per heavy atom. The molecule has 4 nitrogen and oxygen atoms in total. The van der Waals surface area contributed by atoms with E-state index >= 15 is 0 Å². The fourth-order valence-corrected chi connectivity index (χ4v) is 2.20. The lowest BCUT2D eigenvalue weighted by atomic mass is 10.1. The number of hydrogen-bond acceptors (Lipinski definition) is 4. The van der Waals surface area contributed by atoms with Crippen molar-refractivity contribution >= 4 is 11.6 Å². The smallest absolute Gasteiger partial charge is 0.178 e. The van der Waals surface area contributed by atoms with Crippen molar-refractivity contribution in [2.75, 3.05) is 10.7 Å². The number of pyridine rings is 1. The Morgan fingerprint density at radius 2 is 2.00 bits per heavy atom. The van der Waals surface area contributed by atoms with Gasteiger partial charge in [-0.05, 0) is 18.8 Å². The topological polar surface area (TPSA) is 63.0 Å². The highest BCUT2D eigenvalue weighted by atomic mass is 19.1. The van der Waals surface area contributed by atoms with Crippen molar-refractivity contribution < 1.29 is 8.78 Å². The summed E-state index contributed by atoms with van der Waals surface area (Å²) in [6, 6.07) is 0.970. The lowest BCUT2D eigenvalue weighted by Crippen LogP contribution is -2.24. The maximum Gasteiger partial charge on any atom is 0.178 e. The monoisotopic (exact) mass is 242 g/mol. The van der Waals surface area contributed by atoms with E-state index in [0.29, 0.717) is 5.92 Å². The van der Waals surface area contributed by atoms with Crippen LogP contribution in [0.2, 0.25) is 0 Å². The molecule has 2 unspecified atom stereocenters. The van der Waals surface area contributed by atoms with Gasteiger partial charge in [-0.1, -0.05) is 13.3 Å². The number of nitrogens with one attached hydrogen (secondary N) is 2. The summed E-state index contributed by atoms with van der Waals surface area (Å²) in [5, 5.41) is 3.01. The van der Waals surface area contributed by atoms with Gasteiger partial charge < -0.3 is 10.7 Å². The zero-order chi connectivity index (χ0) is 12.4. The van der Waals surface area contributed by atoms with E-state index in [2.05, 4.69) is 22.7 Å². The van der Waals surface area contributed by atoms with E-state index in [9.17, 15) is 8.78 Å².